The lowest BCUT2D eigenvalue weighted by Gasteiger charge is -2.20. The van der Waals surface area contributed by atoms with E-state index in [-0.39, 0.29) is 25.3 Å². The SMILES string of the molecule is CCS(=O)(=O)N1C[C@@H](F)C[C@H]1CO. The Bertz CT molecular complexity index is 267. The molecule has 0 unspecified atom stereocenters. The lowest BCUT2D eigenvalue weighted by atomic mass is 10.2. The van der Waals surface area contributed by atoms with Crippen LogP contribution in [0.2, 0.25) is 0 Å². The zero-order valence-electron chi connectivity index (χ0n) is 7.48. The summed E-state index contributed by atoms with van der Waals surface area (Å²) in [7, 11) is -3.36. The third kappa shape index (κ3) is 2.18. The monoisotopic (exact) mass is 211 g/mol. The first-order valence-corrected chi connectivity index (χ1v) is 5.86. The molecule has 0 bridgehead atoms. The summed E-state index contributed by atoms with van der Waals surface area (Å²) in [5.74, 6) is -0.0454. The van der Waals surface area contributed by atoms with Crippen LogP contribution in [0.3, 0.4) is 0 Å². The highest BCUT2D eigenvalue weighted by Gasteiger charge is 2.38. The lowest BCUT2D eigenvalue weighted by Crippen LogP contribution is -2.38. The normalized spacial score (nSPS) is 31.0. The Kier molecular flexibility index (Phi) is 3.26. The van der Waals surface area contributed by atoms with Crippen LogP contribution in [0.5, 0.6) is 0 Å². The molecule has 0 radical (unpaired) electrons. The molecule has 2 atom stereocenters. The quantitative estimate of drug-likeness (QED) is 0.699. The first-order chi connectivity index (χ1) is 6.01. The lowest BCUT2D eigenvalue weighted by molar-refractivity contribution is 0.213. The topological polar surface area (TPSA) is 57.6 Å². The minimum atomic E-state index is -3.36. The van der Waals surface area contributed by atoms with Crippen LogP contribution in [-0.2, 0) is 10.0 Å². The first-order valence-electron chi connectivity index (χ1n) is 4.25. The van der Waals surface area contributed by atoms with Crippen molar-refractivity contribution in [3.8, 4) is 0 Å². The van der Waals surface area contributed by atoms with Gasteiger partial charge in [0, 0.05) is 6.54 Å². The number of alkyl halides is 1. The van der Waals surface area contributed by atoms with Crippen molar-refractivity contribution >= 4 is 10.0 Å². The second kappa shape index (κ2) is 3.89. The van der Waals surface area contributed by atoms with E-state index in [9.17, 15) is 12.8 Å². The molecule has 1 aliphatic rings. The van der Waals surface area contributed by atoms with E-state index in [4.69, 9.17) is 5.11 Å². The highest BCUT2D eigenvalue weighted by atomic mass is 32.2. The van der Waals surface area contributed by atoms with Crippen molar-refractivity contribution < 1.29 is 17.9 Å². The fraction of sp³-hybridized carbons (Fsp3) is 1.00. The summed E-state index contributed by atoms with van der Waals surface area (Å²) in [5.41, 5.74) is 0. The molecule has 13 heavy (non-hydrogen) atoms. The molecule has 1 fully saturated rings. The van der Waals surface area contributed by atoms with Crippen molar-refractivity contribution in [1.82, 2.24) is 4.31 Å². The van der Waals surface area contributed by atoms with E-state index >= 15 is 0 Å². The van der Waals surface area contributed by atoms with Gasteiger partial charge in [0.05, 0.1) is 18.4 Å². The number of halogens is 1. The molecule has 1 rings (SSSR count). The van der Waals surface area contributed by atoms with Crippen LogP contribution in [0.1, 0.15) is 13.3 Å². The standard InChI is InChI=1S/C7H14FNO3S/c1-2-13(11,12)9-4-6(8)3-7(9)5-10/h6-7,10H,2-5H2,1H3/t6-,7-/m0/s1. The summed E-state index contributed by atoms with van der Waals surface area (Å²) < 4.78 is 36.7. The highest BCUT2D eigenvalue weighted by molar-refractivity contribution is 7.89. The van der Waals surface area contributed by atoms with Gasteiger partial charge in [-0.05, 0) is 13.3 Å². The third-order valence-electron chi connectivity index (χ3n) is 2.25. The Balaban J connectivity index is 2.80. The third-order valence-corrected chi connectivity index (χ3v) is 4.14. The molecule has 0 spiro atoms. The van der Waals surface area contributed by atoms with Gasteiger partial charge in [0.15, 0.2) is 0 Å². The number of rotatable bonds is 3. The van der Waals surface area contributed by atoms with E-state index in [1.807, 2.05) is 0 Å². The van der Waals surface area contributed by atoms with Crippen LogP contribution < -0.4 is 0 Å². The van der Waals surface area contributed by atoms with Gasteiger partial charge in [-0.25, -0.2) is 12.8 Å². The number of aliphatic hydroxyl groups is 1. The summed E-state index contributed by atoms with van der Waals surface area (Å²) in [4.78, 5) is 0. The molecule has 0 aliphatic carbocycles. The van der Waals surface area contributed by atoms with E-state index in [1.54, 1.807) is 0 Å². The molecule has 1 heterocycles. The average Bonchev–Trinajstić information content (AvgIpc) is 2.47. The molecular formula is C7H14FNO3S. The minimum Gasteiger partial charge on any atom is -0.395 e. The van der Waals surface area contributed by atoms with Crippen LogP contribution >= 0.6 is 0 Å². The van der Waals surface area contributed by atoms with Crippen LogP contribution in [0.4, 0.5) is 4.39 Å². The van der Waals surface area contributed by atoms with E-state index in [2.05, 4.69) is 0 Å². The summed E-state index contributed by atoms with van der Waals surface area (Å²) in [6.07, 6.45) is -1.03. The Labute approximate surface area is 77.4 Å². The van der Waals surface area contributed by atoms with Crippen molar-refractivity contribution in [1.29, 1.82) is 0 Å². The zero-order valence-corrected chi connectivity index (χ0v) is 8.30. The molecule has 0 aromatic rings. The molecule has 0 aromatic carbocycles. The Hall–Kier alpha value is -0.200. The van der Waals surface area contributed by atoms with Crippen molar-refractivity contribution in [2.45, 2.75) is 25.6 Å². The predicted molar refractivity (Wildman–Crippen MR) is 46.6 cm³/mol. The van der Waals surface area contributed by atoms with Gasteiger partial charge in [-0.3, -0.25) is 0 Å². The smallest absolute Gasteiger partial charge is 0.214 e. The number of nitrogens with zero attached hydrogens (tertiary/aromatic N) is 1. The fourth-order valence-electron chi connectivity index (χ4n) is 1.50. The van der Waals surface area contributed by atoms with Crippen LogP contribution in [-0.4, -0.2) is 48.9 Å². The summed E-state index contributed by atoms with van der Waals surface area (Å²) in [6.45, 7) is 1.09. The molecule has 1 saturated heterocycles. The molecule has 0 aromatic heterocycles. The second-order valence-corrected chi connectivity index (χ2v) is 5.35. The van der Waals surface area contributed by atoms with Crippen molar-refractivity contribution in [3.05, 3.63) is 0 Å². The maximum Gasteiger partial charge on any atom is 0.214 e. The van der Waals surface area contributed by atoms with E-state index in [0.29, 0.717) is 0 Å². The number of sulfonamides is 1. The number of aliphatic hydroxyl groups excluding tert-OH is 1. The van der Waals surface area contributed by atoms with E-state index in [0.717, 1.165) is 4.31 Å². The number of hydrogen-bond donors (Lipinski definition) is 1. The molecule has 1 N–H and O–H groups in total. The van der Waals surface area contributed by atoms with Gasteiger partial charge >= 0.3 is 0 Å². The van der Waals surface area contributed by atoms with Crippen LogP contribution in [0.25, 0.3) is 0 Å². The molecule has 6 heteroatoms. The Morgan fingerprint density at radius 1 is 1.62 bits per heavy atom. The maximum absolute atomic E-state index is 12.9. The van der Waals surface area contributed by atoms with Gasteiger partial charge in [0.2, 0.25) is 10.0 Å². The average molecular weight is 211 g/mol. The second-order valence-electron chi connectivity index (χ2n) is 3.14. The van der Waals surface area contributed by atoms with Crippen molar-refractivity contribution in [3.63, 3.8) is 0 Å². The first kappa shape index (κ1) is 10.9. The molecular weight excluding hydrogens is 197 g/mol. The molecule has 78 valence electrons. The van der Waals surface area contributed by atoms with Gasteiger partial charge in [-0.1, -0.05) is 0 Å². The Morgan fingerprint density at radius 2 is 2.23 bits per heavy atom. The highest BCUT2D eigenvalue weighted by Crippen LogP contribution is 2.23. The maximum atomic E-state index is 12.9. The van der Waals surface area contributed by atoms with E-state index < -0.39 is 22.2 Å². The largest absolute Gasteiger partial charge is 0.395 e. The molecule has 4 nitrogen and oxygen atoms in total. The molecule has 0 amide bonds. The van der Waals surface area contributed by atoms with Crippen molar-refractivity contribution in [2.24, 2.45) is 0 Å². The Morgan fingerprint density at radius 3 is 2.69 bits per heavy atom. The van der Waals surface area contributed by atoms with Gasteiger partial charge in [-0.2, -0.15) is 4.31 Å². The minimum absolute atomic E-state index is 0.0454. The zero-order chi connectivity index (χ0) is 10.1. The van der Waals surface area contributed by atoms with E-state index in [1.165, 1.54) is 6.92 Å². The van der Waals surface area contributed by atoms with Gasteiger partial charge in [0.25, 0.3) is 0 Å². The van der Waals surface area contributed by atoms with Crippen molar-refractivity contribution in [2.75, 3.05) is 18.9 Å². The predicted octanol–water partition coefficient (Wildman–Crippen LogP) is -0.259. The number of hydrogen-bond acceptors (Lipinski definition) is 3. The molecule has 1 aliphatic heterocycles. The summed E-state index contributed by atoms with van der Waals surface area (Å²) in [5, 5.41) is 8.84. The van der Waals surface area contributed by atoms with Crippen LogP contribution in [0, 0.1) is 0 Å². The summed E-state index contributed by atoms with van der Waals surface area (Å²) in [6, 6.07) is -0.569. The summed E-state index contributed by atoms with van der Waals surface area (Å²) >= 11 is 0. The van der Waals surface area contributed by atoms with Crippen LogP contribution in [0.15, 0.2) is 0 Å². The fourth-order valence-corrected chi connectivity index (χ4v) is 2.83. The van der Waals surface area contributed by atoms with Gasteiger partial charge < -0.3 is 5.11 Å². The van der Waals surface area contributed by atoms with Gasteiger partial charge in [-0.15, -0.1) is 0 Å². The molecule has 0 saturated carbocycles. The van der Waals surface area contributed by atoms with Gasteiger partial charge in [0.1, 0.15) is 6.17 Å².